The Morgan fingerprint density at radius 2 is 1.75 bits per heavy atom. The molecule has 1 aliphatic rings. The minimum Gasteiger partial charge on any atom is -0.311 e. The van der Waals surface area contributed by atoms with E-state index in [9.17, 15) is 14.4 Å². The molecule has 104 valence electrons. The Morgan fingerprint density at radius 1 is 1.15 bits per heavy atom. The van der Waals surface area contributed by atoms with E-state index in [1.54, 1.807) is 19.1 Å². The number of imide groups is 1. The van der Waals surface area contributed by atoms with E-state index in [2.05, 4.69) is 5.32 Å². The highest BCUT2D eigenvalue weighted by atomic mass is 16.2. The molecule has 1 aromatic rings. The van der Waals surface area contributed by atoms with Gasteiger partial charge in [-0.1, -0.05) is 30.3 Å². The number of rotatable bonds is 2. The summed E-state index contributed by atoms with van der Waals surface area (Å²) in [5.74, 6) is -0.565. The maximum Gasteiger partial charge on any atom is 0.329 e. The molecule has 2 rings (SSSR count). The first-order valence-electron chi connectivity index (χ1n) is 6.31. The Balaban J connectivity index is 2.64. The fraction of sp³-hybridized carbons (Fsp3) is 0.267. The first-order chi connectivity index (χ1) is 9.43. The van der Waals surface area contributed by atoms with Crippen molar-refractivity contribution >= 4 is 17.7 Å². The summed E-state index contributed by atoms with van der Waals surface area (Å²) >= 11 is 0. The van der Waals surface area contributed by atoms with Crippen LogP contribution < -0.4 is 5.32 Å². The molecule has 3 amide bonds. The number of nitrogens with zero attached hydrogens (tertiary/aromatic N) is 1. The lowest BCUT2D eigenvalue weighted by molar-refractivity contribution is -0.127. The Kier molecular flexibility index (Phi) is 3.70. The second kappa shape index (κ2) is 5.28. The number of nitrogens with one attached hydrogen (secondary N) is 1. The SMILES string of the molecule is CC(=O)C1=C(C)NC(=O)N(C(C)=O)[C@H]1c1ccccc1. The van der Waals surface area contributed by atoms with Gasteiger partial charge >= 0.3 is 6.03 Å². The minimum absolute atomic E-state index is 0.164. The summed E-state index contributed by atoms with van der Waals surface area (Å²) in [4.78, 5) is 36.8. The van der Waals surface area contributed by atoms with Gasteiger partial charge in [0.25, 0.3) is 0 Å². The molecule has 5 heteroatoms. The van der Waals surface area contributed by atoms with E-state index in [4.69, 9.17) is 0 Å². The number of hydrogen-bond acceptors (Lipinski definition) is 3. The minimum atomic E-state index is -0.667. The zero-order chi connectivity index (χ0) is 14.9. The maximum atomic E-state index is 12.0. The molecule has 0 bridgehead atoms. The van der Waals surface area contributed by atoms with Gasteiger partial charge in [0.2, 0.25) is 5.91 Å². The Hall–Kier alpha value is -2.43. The summed E-state index contributed by atoms with van der Waals surface area (Å²) in [5.41, 5.74) is 1.67. The third kappa shape index (κ3) is 2.34. The summed E-state index contributed by atoms with van der Waals surface area (Å²) in [6, 6.07) is 7.90. The van der Waals surface area contributed by atoms with Gasteiger partial charge in [-0.15, -0.1) is 0 Å². The van der Waals surface area contributed by atoms with Crippen molar-refractivity contribution in [3.63, 3.8) is 0 Å². The van der Waals surface area contributed by atoms with Crippen molar-refractivity contribution in [2.75, 3.05) is 0 Å². The van der Waals surface area contributed by atoms with Gasteiger partial charge in [0, 0.05) is 18.2 Å². The van der Waals surface area contributed by atoms with Gasteiger partial charge in [-0.2, -0.15) is 0 Å². The van der Waals surface area contributed by atoms with Gasteiger partial charge in [0.15, 0.2) is 5.78 Å². The van der Waals surface area contributed by atoms with Crippen LogP contribution in [0.4, 0.5) is 4.79 Å². The van der Waals surface area contributed by atoms with E-state index >= 15 is 0 Å². The number of urea groups is 1. The first-order valence-corrected chi connectivity index (χ1v) is 6.31. The van der Waals surface area contributed by atoms with E-state index < -0.39 is 18.0 Å². The van der Waals surface area contributed by atoms with Crippen molar-refractivity contribution in [3.8, 4) is 0 Å². The summed E-state index contributed by atoms with van der Waals surface area (Å²) < 4.78 is 0. The topological polar surface area (TPSA) is 66.5 Å². The van der Waals surface area contributed by atoms with Gasteiger partial charge in [-0.25, -0.2) is 4.79 Å². The molecule has 1 atom stereocenters. The van der Waals surface area contributed by atoms with Gasteiger partial charge in [0.1, 0.15) is 0 Å². The predicted molar refractivity (Wildman–Crippen MR) is 73.6 cm³/mol. The van der Waals surface area contributed by atoms with E-state index in [-0.39, 0.29) is 5.78 Å². The van der Waals surface area contributed by atoms with Crippen molar-refractivity contribution in [3.05, 3.63) is 47.2 Å². The van der Waals surface area contributed by atoms with Crippen LogP contribution in [0, 0.1) is 0 Å². The molecule has 0 fully saturated rings. The predicted octanol–water partition coefficient (Wildman–Crippen LogP) is 2.16. The molecule has 0 aliphatic carbocycles. The molecule has 0 unspecified atom stereocenters. The molecule has 1 N–H and O–H groups in total. The monoisotopic (exact) mass is 272 g/mol. The third-order valence-electron chi connectivity index (χ3n) is 3.28. The van der Waals surface area contributed by atoms with Crippen LogP contribution in [0.2, 0.25) is 0 Å². The van der Waals surface area contributed by atoms with Gasteiger partial charge in [0.05, 0.1) is 6.04 Å². The zero-order valence-corrected chi connectivity index (χ0v) is 11.6. The quantitative estimate of drug-likeness (QED) is 0.897. The molecule has 0 radical (unpaired) electrons. The van der Waals surface area contributed by atoms with Crippen molar-refractivity contribution in [1.29, 1.82) is 0 Å². The van der Waals surface area contributed by atoms with E-state index in [1.807, 2.05) is 18.2 Å². The molecule has 20 heavy (non-hydrogen) atoms. The van der Waals surface area contributed by atoms with Crippen molar-refractivity contribution in [2.45, 2.75) is 26.8 Å². The Bertz CT molecular complexity index is 605. The fourth-order valence-corrected chi connectivity index (χ4v) is 2.47. The van der Waals surface area contributed by atoms with Crippen molar-refractivity contribution in [1.82, 2.24) is 10.2 Å². The summed E-state index contributed by atoms with van der Waals surface area (Å²) in [5, 5.41) is 2.57. The van der Waals surface area contributed by atoms with Crippen LogP contribution in [0.1, 0.15) is 32.4 Å². The number of allylic oxidation sites excluding steroid dienone is 1. The number of benzene rings is 1. The molecule has 0 saturated carbocycles. The molecule has 0 aromatic heterocycles. The van der Waals surface area contributed by atoms with Crippen LogP contribution in [0.15, 0.2) is 41.6 Å². The van der Waals surface area contributed by atoms with Crippen LogP contribution in [0.5, 0.6) is 0 Å². The number of amides is 3. The molecule has 1 aliphatic heterocycles. The normalized spacial score (nSPS) is 18.9. The van der Waals surface area contributed by atoms with E-state index in [0.717, 1.165) is 10.5 Å². The van der Waals surface area contributed by atoms with Gasteiger partial charge < -0.3 is 5.32 Å². The third-order valence-corrected chi connectivity index (χ3v) is 3.28. The second-order valence-corrected chi connectivity index (χ2v) is 4.73. The maximum absolute atomic E-state index is 12.0. The molecular formula is C15H16N2O3. The highest BCUT2D eigenvalue weighted by Crippen LogP contribution is 2.33. The van der Waals surface area contributed by atoms with E-state index in [1.165, 1.54) is 13.8 Å². The smallest absolute Gasteiger partial charge is 0.311 e. The number of Topliss-reactive ketones (excluding diaryl/α,β-unsaturated/α-hetero) is 1. The van der Waals surface area contributed by atoms with Crippen LogP contribution in [-0.4, -0.2) is 22.6 Å². The number of carbonyl (C=O) groups is 3. The van der Waals surface area contributed by atoms with Crippen molar-refractivity contribution < 1.29 is 14.4 Å². The standard InChI is InChI=1S/C15H16N2O3/c1-9-13(10(2)18)14(12-7-5-4-6-8-12)17(11(3)19)15(20)16-9/h4-8,14H,1-3H3,(H,16,20)/t14-/m0/s1. The average Bonchev–Trinajstić information content (AvgIpc) is 2.37. The molecular weight excluding hydrogens is 256 g/mol. The summed E-state index contributed by atoms with van der Waals surface area (Å²) in [6.07, 6.45) is 0. The second-order valence-electron chi connectivity index (χ2n) is 4.73. The molecule has 5 nitrogen and oxygen atoms in total. The lowest BCUT2D eigenvalue weighted by Crippen LogP contribution is -2.50. The number of ketones is 1. The number of carbonyl (C=O) groups excluding carboxylic acids is 3. The summed E-state index contributed by atoms with van der Waals surface area (Å²) in [7, 11) is 0. The zero-order valence-electron chi connectivity index (χ0n) is 11.6. The number of hydrogen-bond donors (Lipinski definition) is 1. The molecule has 1 heterocycles. The Morgan fingerprint density at radius 3 is 2.25 bits per heavy atom. The lowest BCUT2D eigenvalue weighted by atomic mass is 9.91. The van der Waals surface area contributed by atoms with Gasteiger partial charge in [-0.05, 0) is 19.4 Å². The van der Waals surface area contributed by atoms with Crippen LogP contribution in [0.25, 0.3) is 0 Å². The van der Waals surface area contributed by atoms with E-state index in [0.29, 0.717) is 11.3 Å². The molecule has 0 saturated heterocycles. The van der Waals surface area contributed by atoms with Crippen LogP contribution in [-0.2, 0) is 9.59 Å². The van der Waals surface area contributed by atoms with Crippen LogP contribution >= 0.6 is 0 Å². The van der Waals surface area contributed by atoms with Crippen LogP contribution in [0.3, 0.4) is 0 Å². The van der Waals surface area contributed by atoms with Gasteiger partial charge in [-0.3, -0.25) is 14.5 Å². The first kappa shape index (κ1) is 14.0. The highest BCUT2D eigenvalue weighted by molar-refractivity contribution is 6.03. The Labute approximate surface area is 117 Å². The van der Waals surface area contributed by atoms with Crippen molar-refractivity contribution in [2.24, 2.45) is 0 Å². The largest absolute Gasteiger partial charge is 0.329 e. The summed E-state index contributed by atoms with van der Waals surface area (Å²) in [6.45, 7) is 4.42. The molecule has 0 spiro atoms. The lowest BCUT2D eigenvalue weighted by Gasteiger charge is -2.35. The molecule has 1 aromatic carbocycles. The fourth-order valence-electron chi connectivity index (χ4n) is 2.47. The average molecular weight is 272 g/mol. The highest BCUT2D eigenvalue weighted by Gasteiger charge is 2.38.